The minimum atomic E-state index is -0.104. The van der Waals surface area contributed by atoms with Crippen LogP contribution < -0.4 is 14.5 Å². The number of piperazine rings is 1. The normalized spacial score (nSPS) is 21.4. The summed E-state index contributed by atoms with van der Waals surface area (Å²) >= 11 is 3.56. The fourth-order valence-electron chi connectivity index (χ4n) is 5.37. The van der Waals surface area contributed by atoms with Gasteiger partial charge in [0.2, 0.25) is 0 Å². The van der Waals surface area contributed by atoms with Crippen molar-refractivity contribution < 1.29 is 14.4 Å². The van der Waals surface area contributed by atoms with Gasteiger partial charge < -0.3 is 19.4 Å². The highest BCUT2D eigenvalue weighted by Crippen LogP contribution is 2.42. The van der Waals surface area contributed by atoms with E-state index in [9.17, 15) is 4.79 Å². The van der Waals surface area contributed by atoms with Crippen molar-refractivity contribution in [3.8, 4) is 5.75 Å². The zero-order chi connectivity index (χ0) is 25.4. The zero-order valence-corrected chi connectivity index (χ0v) is 23.1. The molecule has 1 amide bonds. The molecule has 0 unspecified atom stereocenters. The SMILES string of the molecule is CC(C)Oc1ccccc1N1CCN(C[C@@H]2CC(C(=O)N3CC(C)(C)c4cc(Br)ccc43)=NO2)CC1. The van der Waals surface area contributed by atoms with Crippen LogP contribution in [-0.2, 0) is 15.0 Å². The molecular weight excluding hydrogens is 520 g/mol. The van der Waals surface area contributed by atoms with Crippen molar-refractivity contribution in [1.29, 1.82) is 0 Å². The molecule has 3 aliphatic rings. The van der Waals surface area contributed by atoms with Crippen molar-refractivity contribution in [3.05, 3.63) is 52.5 Å². The molecular formula is C28H35BrN4O3. The monoisotopic (exact) mass is 554 g/mol. The molecule has 8 heteroatoms. The van der Waals surface area contributed by atoms with Crippen LogP contribution in [0.25, 0.3) is 0 Å². The van der Waals surface area contributed by atoms with E-state index in [1.165, 1.54) is 5.56 Å². The summed E-state index contributed by atoms with van der Waals surface area (Å²) < 4.78 is 7.05. The maximum Gasteiger partial charge on any atom is 0.276 e. The highest BCUT2D eigenvalue weighted by atomic mass is 79.9. The Kier molecular flexibility index (Phi) is 7.01. The van der Waals surface area contributed by atoms with E-state index in [0.717, 1.165) is 54.3 Å². The number of hydrogen-bond donors (Lipinski definition) is 0. The van der Waals surface area contributed by atoms with Crippen LogP contribution in [0.15, 0.2) is 52.1 Å². The van der Waals surface area contributed by atoms with Crippen molar-refractivity contribution in [3.63, 3.8) is 0 Å². The van der Waals surface area contributed by atoms with Crippen LogP contribution in [-0.4, -0.2) is 68.0 Å². The Morgan fingerprint density at radius 1 is 1.14 bits per heavy atom. The van der Waals surface area contributed by atoms with E-state index in [2.05, 4.69) is 76.8 Å². The lowest BCUT2D eigenvalue weighted by Crippen LogP contribution is -2.49. The average molecular weight is 556 g/mol. The Labute approximate surface area is 222 Å². The van der Waals surface area contributed by atoms with Crippen molar-refractivity contribution >= 4 is 38.9 Å². The van der Waals surface area contributed by atoms with Gasteiger partial charge in [0.25, 0.3) is 5.91 Å². The highest BCUT2D eigenvalue weighted by molar-refractivity contribution is 9.10. The Bertz CT molecular complexity index is 1160. The number of para-hydroxylation sites is 2. The minimum absolute atomic E-state index is 0.0433. The molecule has 5 rings (SSSR count). The number of fused-ring (bicyclic) bond motifs is 1. The lowest BCUT2D eigenvalue weighted by atomic mass is 9.87. The fourth-order valence-corrected chi connectivity index (χ4v) is 5.73. The van der Waals surface area contributed by atoms with Gasteiger partial charge in [-0.25, -0.2) is 0 Å². The lowest BCUT2D eigenvalue weighted by molar-refractivity contribution is -0.112. The maximum absolute atomic E-state index is 13.4. The molecule has 192 valence electrons. The van der Waals surface area contributed by atoms with Gasteiger partial charge in [0.15, 0.2) is 0 Å². The van der Waals surface area contributed by atoms with Gasteiger partial charge in [0.1, 0.15) is 17.6 Å². The number of halogens is 1. The molecule has 2 aromatic carbocycles. The second kappa shape index (κ2) is 10.1. The third kappa shape index (κ3) is 5.11. The summed E-state index contributed by atoms with van der Waals surface area (Å²) in [7, 11) is 0. The fraction of sp³-hybridized carbons (Fsp3) is 0.500. The first-order valence-corrected chi connectivity index (χ1v) is 13.6. The Morgan fingerprint density at radius 3 is 2.64 bits per heavy atom. The smallest absolute Gasteiger partial charge is 0.276 e. The summed E-state index contributed by atoms with van der Waals surface area (Å²) in [6.07, 6.45) is 0.602. The number of anilines is 2. The number of oxime groups is 1. The number of benzene rings is 2. The molecule has 3 aliphatic heterocycles. The van der Waals surface area contributed by atoms with E-state index in [-0.39, 0.29) is 23.5 Å². The molecule has 0 radical (unpaired) electrons. The van der Waals surface area contributed by atoms with Crippen molar-refractivity contribution in [2.45, 2.75) is 51.7 Å². The molecule has 1 atom stereocenters. The van der Waals surface area contributed by atoms with Gasteiger partial charge in [-0.2, -0.15) is 0 Å². The van der Waals surface area contributed by atoms with Gasteiger partial charge in [-0.1, -0.05) is 47.1 Å². The molecule has 0 aliphatic carbocycles. The number of amides is 1. The van der Waals surface area contributed by atoms with Crippen LogP contribution in [0.1, 0.15) is 39.7 Å². The Morgan fingerprint density at radius 2 is 1.89 bits per heavy atom. The van der Waals surface area contributed by atoms with E-state index < -0.39 is 0 Å². The van der Waals surface area contributed by atoms with Crippen molar-refractivity contribution in [2.75, 3.05) is 49.1 Å². The van der Waals surface area contributed by atoms with Gasteiger partial charge >= 0.3 is 0 Å². The molecule has 1 fully saturated rings. The third-order valence-electron chi connectivity index (χ3n) is 7.16. The number of hydrogen-bond acceptors (Lipinski definition) is 6. The summed E-state index contributed by atoms with van der Waals surface area (Å²) in [5.74, 6) is 0.897. The molecule has 7 nitrogen and oxygen atoms in total. The Hall–Kier alpha value is -2.58. The number of nitrogens with zero attached hydrogens (tertiary/aromatic N) is 4. The molecule has 0 bridgehead atoms. The van der Waals surface area contributed by atoms with E-state index in [4.69, 9.17) is 9.57 Å². The maximum atomic E-state index is 13.4. The second-order valence-electron chi connectivity index (χ2n) is 10.8. The van der Waals surface area contributed by atoms with Crippen LogP contribution in [0.4, 0.5) is 11.4 Å². The van der Waals surface area contributed by atoms with Crippen molar-refractivity contribution in [1.82, 2.24) is 4.90 Å². The largest absolute Gasteiger partial charge is 0.489 e. The molecule has 2 aromatic rings. The number of carbonyl (C=O) groups excluding carboxylic acids is 1. The summed E-state index contributed by atoms with van der Waals surface area (Å²) in [6.45, 7) is 13.6. The molecule has 3 heterocycles. The summed E-state index contributed by atoms with van der Waals surface area (Å²) in [4.78, 5) is 25.8. The summed E-state index contributed by atoms with van der Waals surface area (Å²) in [6, 6.07) is 14.4. The predicted molar refractivity (Wildman–Crippen MR) is 147 cm³/mol. The van der Waals surface area contributed by atoms with Crippen LogP contribution >= 0.6 is 15.9 Å². The lowest BCUT2D eigenvalue weighted by Gasteiger charge is -2.37. The number of rotatable bonds is 6. The van der Waals surface area contributed by atoms with Gasteiger partial charge in [-0.05, 0) is 49.7 Å². The summed E-state index contributed by atoms with van der Waals surface area (Å²) in [5, 5.41) is 4.23. The molecule has 0 spiro atoms. The van der Waals surface area contributed by atoms with Gasteiger partial charge in [-0.3, -0.25) is 9.69 Å². The van der Waals surface area contributed by atoms with Crippen LogP contribution in [0, 0.1) is 0 Å². The topological polar surface area (TPSA) is 57.6 Å². The quantitative estimate of drug-likeness (QED) is 0.512. The first kappa shape index (κ1) is 25.1. The Balaban J connectivity index is 1.15. The first-order chi connectivity index (χ1) is 17.2. The van der Waals surface area contributed by atoms with E-state index in [0.29, 0.717) is 18.7 Å². The number of ether oxygens (including phenoxy) is 1. The molecule has 0 N–H and O–H groups in total. The summed E-state index contributed by atoms with van der Waals surface area (Å²) in [5.41, 5.74) is 3.72. The van der Waals surface area contributed by atoms with E-state index in [1.807, 2.05) is 29.2 Å². The third-order valence-corrected chi connectivity index (χ3v) is 7.65. The van der Waals surface area contributed by atoms with Crippen LogP contribution in [0.2, 0.25) is 0 Å². The molecule has 0 aromatic heterocycles. The van der Waals surface area contributed by atoms with Crippen LogP contribution in [0.3, 0.4) is 0 Å². The molecule has 0 saturated carbocycles. The van der Waals surface area contributed by atoms with Crippen molar-refractivity contribution in [2.24, 2.45) is 5.16 Å². The van der Waals surface area contributed by atoms with Gasteiger partial charge in [-0.15, -0.1) is 0 Å². The standard InChI is InChI=1S/C28H35BrN4O3/c1-19(2)35-26-8-6-5-7-25(26)32-13-11-31(12-14-32)17-21-16-23(30-36-21)27(34)33-18-28(3,4)22-15-20(29)9-10-24(22)33/h5-10,15,19,21H,11-14,16-18H2,1-4H3/t21-/m0/s1. The molecule has 36 heavy (non-hydrogen) atoms. The van der Waals surface area contributed by atoms with Gasteiger partial charge in [0, 0.05) is 61.3 Å². The number of carbonyl (C=O) groups is 1. The first-order valence-electron chi connectivity index (χ1n) is 12.8. The molecule has 1 saturated heterocycles. The minimum Gasteiger partial charge on any atom is -0.489 e. The van der Waals surface area contributed by atoms with E-state index in [1.54, 1.807) is 0 Å². The average Bonchev–Trinajstić information content (AvgIpc) is 3.41. The highest BCUT2D eigenvalue weighted by Gasteiger charge is 2.41. The second-order valence-corrected chi connectivity index (χ2v) is 11.7. The van der Waals surface area contributed by atoms with Gasteiger partial charge in [0.05, 0.1) is 11.8 Å². The zero-order valence-electron chi connectivity index (χ0n) is 21.5. The van der Waals surface area contributed by atoms with E-state index >= 15 is 0 Å². The van der Waals surface area contributed by atoms with Crippen LogP contribution in [0.5, 0.6) is 5.75 Å². The predicted octanol–water partition coefficient (Wildman–Crippen LogP) is 4.83.